The van der Waals surface area contributed by atoms with Crippen LogP contribution < -0.4 is 11.1 Å². The minimum atomic E-state index is -0.445. The molecule has 0 radical (unpaired) electrons. The zero-order valence-electron chi connectivity index (χ0n) is 10.4. The van der Waals surface area contributed by atoms with Crippen molar-refractivity contribution in [3.05, 3.63) is 28.3 Å². The number of nitrogens with one attached hydrogen (secondary N) is 1. The standard InChI is InChI=1S/C12H19N3O2/c1-4-11(8(2)3)14-12-6-5-9(15(16)17)7-10(12)13/h5-8,11,14H,4,13H2,1-3H3. The minimum Gasteiger partial charge on any atom is -0.397 e. The number of nitro benzene ring substituents is 1. The second-order valence-corrected chi connectivity index (χ2v) is 4.43. The molecular formula is C12H19N3O2. The molecule has 0 aliphatic carbocycles. The number of anilines is 2. The van der Waals surface area contributed by atoms with Crippen LogP contribution in [-0.2, 0) is 0 Å². The largest absolute Gasteiger partial charge is 0.397 e. The number of non-ortho nitro benzene ring substituents is 1. The Bertz CT molecular complexity index is 405. The second kappa shape index (κ2) is 5.52. The number of nitro groups is 1. The summed E-state index contributed by atoms with van der Waals surface area (Å²) in [5.74, 6) is 0.481. The Balaban J connectivity index is 2.89. The Kier molecular flexibility index (Phi) is 4.31. The van der Waals surface area contributed by atoms with Gasteiger partial charge < -0.3 is 11.1 Å². The topological polar surface area (TPSA) is 81.2 Å². The van der Waals surface area contributed by atoms with E-state index >= 15 is 0 Å². The fourth-order valence-electron chi connectivity index (χ4n) is 1.74. The quantitative estimate of drug-likeness (QED) is 0.468. The first-order valence-electron chi connectivity index (χ1n) is 5.76. The van der Waals surface area contributed by atoms with Gasteiger partial charge in [0.2, 0.25) is 0 Å². The molecule has 1 rings (SSSR count). The maximum absolute atomic E-state index is 10.6. The van der Waals surface area contributed by atoms with Crippen molar-refractivity contribution in [2.24, 2.45) is 5.92 Å². The number of nitrogens with two attached hydrogens (primary N) is 1. The van der Waals surface area contributed by atoms with E-state index in [1.54, 1.807) is 6.07 Å². The fraction of sp³-hybridized carbons (Fsp3) is 0.500. The lowest BCUT2D eigenvalue weighted by Crippen LogP contribution is -2.25. The summed E-state index contributed by atoms with van der Waals surface area (Å²) in [6.45, 7) is 6.35. The highest BCUT2D eigenvalue weighted by Gasteiger charge is 2.14. The van der Waals surface area contributed by atoms with Gasteiger partial charge in [0.25, 0.3) is 5.69 Å². The van der Waals surface area contributed by atoms with Crippen LogP contribution in [0.1, 0.15) is 27.2 Å². The number of hydrogen-bond acceptors (Lipinski definition) is 4. The summed E-state index contributed by atoms with van der Waals surface area (Å²) in [5.41, 5.74) is 6.99. The highest BCUT2D eigenvalue weighted by atomic mass is 16.6. The van der Waals surface area contributed by atoms with Crippen LogP contribution >= 0.6 is 0 Å². The van der Waals surface area contributed by atoms with E-state index in [1.165, 1.54) is 12.1 Å². The zero-order valence-corrected chi connectivity index (χ0v) is 10.4. The second-order valence-electron chi connectivity index (χ2n) is 4.43. The number of benzene rings is 1. The summed E-state index contributed by atoms with van der Waals surface area (Å²) >= 11 is 0. The lowest BCUT2D eigenvalue weighted by atomic mass is 10.0. The van der Waals surface area contributed by atoms with Crippen LogP contribution in [0.5, 0.6) is 0 Å². The SMILES string of the molecule is CCC(Nc1ccc([N+](=O)[O-])cc1N)C(C)C. The molecule has 0 heterocycles. The molecule has 3 N–H and O–H groups in total. The molecular weight excluding hydrogens is 218 g/mol. The molecule has 0 bridgehead atoms. The van der Waals surface area contributed by atoms with Gasteiger partial charge in [-0.25, -0.2) is 0 Å². The van der Waals surface area contributed by atoms with Gasteiger partial charge in [-0.2, -0.15) is 0 Å². The molecule has 0 saturated carbocycles. The Morgan fingerprint density at radius 3 is 2.53 bits per heavy atom. The van der Waals surface area contributed by atoms with Gasteiger partial charge in [0.15, 0.2) is 0 Å². The third kappa shape index (κ3) is 3.34. The van der Waals surface area contributed by atoms with E-state index in [9.17, 15) is 10.1 Å². The third-order valence-corrected chi connectivity index (χ3v) is 2.83. The van der Waals surface area contributed by atoms with E-state index in [0.29, 0.717) is 17.6 Å². The molecule has 5 heteroatoms. The maximum atomic E-state index is 10.6. The molecule has 0 amide bonds. The first-order valence-corrected chi connectivity index (χ1v) is 5.76. The molecule has 0 aliphatic heterocycles. The molecule has 0 aliphatic rings. The Labute approximate surface area is 101 Å². The van der Waals surface area contributed by atoms with E-state index in [0.717, 1.165) is 12.1 Å². The molecule has 0 fully saturated rings. The summed E-state index contributed by atoms with van der Waals surface area (Å²) in [6.07, 6.45) is 0.980. The van der Waals surface area contributed by atoms with Crippen molar-refractivity contribution >= 4 is 17.1 Å². The van der Waals surface area contributed by atoms with Crippen LogP contribution in [0.25, 0.3) is 0 Å². The molecule has 1 aromatic carbocycles. The minimum absolute atomic E-state index is 0.0191. The van der Waals surface area contributed by atoms with Crippen molar-refractivity contribution in [3.63, 3.8) is 0 Å². The van der Waals surface area contributed by atoms with Crippen LogP contribution in [0.4, 0.5) is 17.1 Å². The van der Waals surface area contributed by atoms with E-state index in [4.69, 9.17) is 5.73 Å². The van der Waals surface area contributed by atoms with Crippen molar-refractivity contribution in [3.8, 4) is 0 Å². The molecule has 1 atom stereocenters. The van der Waals surface area contributed by atoms with Crippen molar-refractivity contribution in [2.45, 2.75) is 33.2 Å². The summed E-state index contributed by atoms with van der Waals surface area (Å²) in [7, 11) is 0. The summed E-state index contributed by atoms with van der Waals surface area (Å²) in [6, 6.07) is 4.83. The molecule has 1 unspecified atom stereocenters. The van der Waals surface area contributed by atoms with E-state index in [-0.39, 0.29) is 5.69 Å². The monoisotopic (exact) mass is 237 g/mol. The number of hydrogen-bond donors (Lipinski definition) is 2. The zero-order chi connectivity index (χ0) is 13.0. The first kappa shape index (κ1) is 13.3. The van der Waals surface area contributed by atoms with E-state index in [2.05, 4.69) is 26.1 Å². The molecule has 1 aromatic rings. The highest BCUT2D eigenvalue weighted by Crippen LogP contribution is 2.26. The molecule has 0 saturated heterocycles. The van der Waals surface area contributed by atoms with Gasteiger partial charge in [-0.3, -0.25) is 10.1 Å². The Morgan fingerprint density at radius 1 is 1.47 bits per heavy atom. The van der Waals surface area contributed by atoms with Gasteiger partial charge in [0, 0.05) is 18.2 Å². The number of nitrogens with zero attached hydrogens (tertiary/aromatic N) is 1. The van der Waals surface area contributed by atoms with Crippen LogP contribution in [0, 0.1) is 16.0 Å². The summed E-state index contributed by atoms with van der Waals surface area (Å²) in [4.78, 5) is 10.1. The molecule has 0 aromatic heterocycles. The molecule has 17 heavy (non-hydrogen) atoms. The van der Waals surface area contributed by atoms with E-state index < -0.39 is 4.92 Å². The fourth-order valence-corrected chi connectivity index (χ4v) is 1.74. The maximum Gasteiger partial charge on any atom is 0.271 e. The third-order valence-electron chi connectivity index (χ3n) is 2.83. The van der Waals surface area contributed by atoms with Gasteiger partial charge in [-0.05, 0) is 18.4 Å². The average Bonchev–Trinajstić information content (AvgIpc) is 2.26. The van der Waals surface area contributed by atoms with Gasteiger partial charge in [-0.1, -0.05) is 20.8 Å². The van der Waals surface area contributed by atoms with Crippen LogP contribution in [-0.4, -0.2) is 11.0 Å². The van der Waals surface area contributed by atoms with Crippen molar-refractivity contribution in [1.82, 2.24) is 0 Å². The number of rotatable bonds is 5. The van der Waals surface area contributed by atoms with Crippen LogP contribution in [0.15, 0.2) is 18.2 Å². The Morgan fingerprint density at radius 2 is 2.12 bits per heavy atom. The average molecular weight is 237 g/mol. The predicted octanol–water partition coefficient (Wildman–Crippen LogP) is 3.02. The van der Waals surface area contributed by atoms with E-state index in [1.807, 2.05) is 0 Å². The van der Waals surface area contributed by atoms with Crippen molar-refractivity contribution in [2.75, 3.05) is 11.1 Å². The van der Waals surface area contributed by atoms with Crippen LogP contribution in [0.3, 0.4) is 0 Å². The molecule has 94 valence electrons. The van der Waals surface area contributed by atoms with Gasteiger partial charge in [0.1, 0.15) is 0 Å². The normalized spacial score (nSPS) is 12.5. The number of nitrogen functional groups attached to an aromatic ring is 1. The molecule has 0 spiro atoms. The lowest BCUT2D eigenvalue weighted by Gasteiger charge is -2.22. The summed E-state index contributed by atoms with van der Waals surface area (Å²) < 4.78 is 0. The first-order chi connectivity index (χ1) is 7.95. The Hall–Kier alpha value is -1.78. The van der Waals surface area contributed by atoms with Crippen LogP contribution in [0.2, 0.25) is 0 Å². The van der Waals surface area contributed by atoms with Gasteiger partial charge in [-0.15, -0.1) is 0 Å². The van der Waals surface area contributed by atoms with Gasteiger partial charge >= 0.3 is 0 Å². The highest BCUT2D eigenvalue weighted by molar-refractivity contribution is 5.69. The lowest BCUT2D eigenvalue weighted by molar-refractivity contribution is -0.384. The van der Waals surface area contributed by atoms with Crippen molar-refractivity contribution < 1.29 is 4.92 Å². The summed E-state index contributed by atoms with van der Waals surface area (Å²) in [5, 5.41) is 13.9. The van der Waals surface area contributed by atoms with Gasteiger partial charge in [0.05, 0.1) is 16.3 Å². The van der Waals surface area contributed by atoms with Crippen molar-refractivity contribution in [1.29, 1.82) is 0 Å². The predicted molar refractivity (Wildman–Crippen MR) is 70.0 cm³/mol. The molecule has 5 nitrogen and oxygen atoms in total. The smallest absolute Gasteiger partial charge is 0.271 e.